The number of aromatic amines is 1. The number of H-pyrrole nitrogens is 1. The fraction of sp³-hybridized carbons (Fsp3) is 0.379. The van der Waals surface area contributed by atoms with Gasteiger partial charge in [-0.25, -0.2) is 13.6 Å². The van der Waals surface area contributed by atoms with Crippen molar-refractivity contribution in [1.29, 1.82) is 0 Å². The summed E-state index contributed by atoms with van der Waals surface area (Å²) in [7, 11) is 0. The van der Waals surface area contributed by atoms with Gasteiger partial charge in [0.1, 0.15) is 24.6 Å². The van der Waals surface area contributed by atoms with Crippen LogP contribution >= 0.6 is 0 Å². The van der Waals surface area contributed by atoms with E-state index in [0.717, 1.165) is 22.3 Å². The van der Waals surface area contributed by atoms with Gasteiger partial charge in [-0.3, -0.25) is 23.9 Å². The minimum Gasteiger partial charge on any atom is -0.343 e. The normalized spacial score (nSPS) is 20.5. The van der Waals surface area contributed by atoms with Crippen LogP contribution in [-0.4, -0.2) is 45.0 Å². The van der Waals surface area contributed by atoms with Gasteiger partial charge in [-0.1, -0.05) is 49.4 Å². The molecule has 1 saturated heterocycles. The Labute approximate surface area is 223 Å². The highest BCUT2D eigenvalue weighted by atomic mass is 19.1. The Morgan fingerprint density at radius 1 is 1.13 bits per heavy atom. The van der Waals surface area contributed by atoms with E-state index in [4.69, 9.17) is 0 Å². The van der Waals surface area contributed by atoms with Crippen LogP contribution in [0.25, 0.3) is 0 Å². The first-order chi connectivity index (χ1) is 18.6. The summed E-state index contributed by atoms with van der Waals surface area (Å²) in [4.78, 5) is 53.7. The number of likely N-dealkylation sites (tertiary alicyclic amines) is 1. The number of hydrogen-bond acceptors (Lipinski definition) is 4. The number of alkyl halides is 1. The maximum Gasteiger partial charge on any atom is 0.328 e. The monoisotopic (exact) mass is 536 g/mol. The number of amides is 2. The summed E-state index contributed by atoms with van der Waals surface area (Å²) in [6.07, 6.45) is 1.46. The Morgan fingerprint density at radius 2 is 1.85 bits per heavy atom. The highest BCUT2D eigenvalue weighted by Crippen LogP contribution is 2.48. The standard InChI is InChI=1S/C29H30F2N4O4/c1-17-14-34(28(39)33-26(17)37)16-24(36)35-15-20(30)13-23(35)27(38)32-25(18-6-4-3-5-7-18)19-8-9-21(22(31)12-19)29(2)10-11-29/h3-9,12,14,20,23,25H,10-11,13,15-16H2,1-2H3,(H,32,38)(H,33,37,39)/t20-,23+,25+/m1/s1. The van der Waals surface area contributed by atoms with Crippen LogP contribution < -0.4 is 16.6 Å². The topological polar surface area (TPSA) is 104 Å². The summed E-state index contributed by atoms with van der Waals surface area (Å²) in [5, 5.41) is 2.91. The first-order valence-electron chi connectivity index (χ1n) is 12.9. The quantitative estimate of drug-likeness (QED) is 0.485. The number of benzene rings is 2. The fourth-order valence-corrected chi connectivity index (χ4v) is 5.18. The first-order valence-corrected chi connectivity index (χ1v) is 12.9. The summed E-state index contributed by atoms with van der Waals surface area (Å²) in [6.45, 7) is 2.75. The van der Waals surface area contributed by atoms with Crippen molar-refractivity contribution >= 4 is 11.8 Å². The van der Waals surface area contributed by atoms with Crippen LogP contribution in [0.1, 0.15) is 54.5 Å². The minimum atomic E-state index is -1.43. The molecule has 0 spiro atoms. The average molecular weight is 537 g/mol. The molecule has 1 aromatic heterocycles. The highest BCUT2D eigenvalue weighted by molar-refractivity contribution is 5.89. The first kappa shape index (κ1) is 26.5. The molecule has 204 valence electrons. The zero-order chi connectivity index (χ0) is 27.9. The molecular weight excluding hydrogens is 506 g/mol. The van der Waals surface area contributed by atoms with Gasteiger partial charge in [-0.15, -0.1) is 0 Å². The van der Waals surface area contributed by atoms with Gasteiger partial charge < -0.3 is 10.2 Å². The molecule has 2 fully saturated rings. The largest absolute Gasteiger partial charge is 0.343 e. The van der Waals surface area contributed by atoms with E-state index in [9.17, 15) is 23.6 Å². The van der Waals surface area contributed by atoms with E-state index in [0.29, 0.717) is 16.7 Å². The molecule has 39 heavy (non-hydrogen) atoms. The van der Waals surface area contributed by atoms with Crippen molar-refractivity contribution in [3.63, 3.8) is 0 Å². The Bertz CT molecular complexity index is 1530. The number of hydrogen-bond donors (Lipinski definition) is 2. The summed E-state index contributed by atoms with van der Waals surface area (Å²) < 4.78 is 30.7. The summed E-state index contributed by atoms with van der Waals surface area (Å²) in [5.74, 6) is -1.56. The Hall–Kier alpha value is -4.08. The molecular formula is C29H30F2N4O4. The average Bonchev–Trinajstić information content (AvgIpc) is 3.52. The van der Waals surface area contributed by atoms with Crippen molar-refractivity contribution in [2.24, 2.45) is 0 Å². The molecule has 0 unspecified atom stereocenters. The molecule has 1 aliphatic heterocycles. The van der Waals surface area contributed by atoms with Crippen molar-refractivity contribution in [3.8, 4) is 0 Å². The minimum absolute atomic E-state index is 0.165. The number of nitrogens with one attached hydrogen (secondary N) is 2. The zero-order valence-corrected chi connectivity index (χ0v) is 21.7. The Kier molecular flexibility index (Phi) is 6.96. The summed E-state index contributed by atoms with van der Waals surface area (Å²) in [5.41, 5.74) is 0.619. The molecule has 3 aromatic rings. The second-order valence-electron chi connectivity index (χ2n) is 10.7. The lowest BCUT2D eigenvalue weighted by Gasteiger charge is -2.27. The molecule has 10 heteroatoms. The highest BCUT2D eigenvalue weighted by Gasteiger charge is 2.42. The van der Waals surface area contributed by atoms with Gasteiger partial charge in [-0.2, -0.15) is 0 Å². The third-order valence-corrected chi connectivity index (χ3v) is 7.76. The molecule has 0 bridgehead atoms. The number of nitrogens with zero attached hydrogens (tertiary/aromatic N) is 2. The van der Waals surface area contributed by atoms with Crippen LogP contribution in [0.5, 0.6) is 0 Å². The van der Waals surface area contributed by atoms with E-state index >= 15 is 4.39 Å². The number of halogens is 2. The lowest BCUT2D eigenvalue weighted by atomic mass is 9.92. The van der Waals surface area contributed by atoms with Crippen LogP contribution in [0.4, 0.5) is 8.78 Å². The Balaban J connectivity index is 1.40. The van der Waals surface area contributed by atoms with Gasteiger partial charge in [0.2, 0.25) is 11.8 Å². The maximum atomic E-state index is 15.1. The second-order valence-corrected chi connectivity index (χ2v) is 10.7. The third kappa shape index (κ3) is 5.41. The second kappa shape index (κ2) is 10.2. The fourth-order valence-electron chi connectivity index (χ4n) is 5.18. The van der Waals surface area contributed by atoms with Gasteiger partial charge in [0.25, 0.3) is 5.56 Å². The number of aromatic nitrogens is 2. The van der Waals surface area contributed by atoms with E-state index in [1.807, 2.05) is 13.0 Å². The lowest BCUT2D eigenvalue weighted by molar-refractivity contribution is -0.139. The molecule has 2 amide bonds. The maximum absolute atomic E-state index is 15.1. The van der Waals surface area contributed by atoms with Gasteiger partial charge >= 0.3 is 5.69 Å². The number of carbonyl (C=O) groups excluding carboxylic acids is 2. The molecule has 1 aliphatic carbocycles. The van der Waals surface area contributed by atoms with E-state index in [-0.39, 0.29) is 29.8 Å². The molecule has 0 radical (unpaired) electrons. The van der Waals surface area contributed by atoms with Crippen molar-refractivity contribution in [3.05, 3.63) is 104 Å². The number of aryl methyl sites for hydroxylation is 1. The van der Waals surface area contributed by atoms with Crippen LogP contribution in [0, 0.1) is 12.7 Å². The van der Waals surface area contributed by atoms with Gasteiger partial charge in [0.05, 0.1) is 12.6 Å². The van der Waals surface area contributed by atoms with Crippen molar-refractivity contribution in [1.82, 2.24) is 19.8 Å². The van der Waals surface area contributed by atoms with Gasteiger partial charge in [-0.05, 0) is 47.9 Å². The van der Waals surface area contributed by atoms with Crippen molar-refractivity contribution in [2.45, 2.75) is 63.3 Å². The SMILES string of the molecule is Cc1cn(CC(=O)N2C[C@H](F)C[C@H]2C(=O)N[C@@H](c2ccccc2)c2ccc(C3(C)CC3)c(F)c2)c(=O)[nH]c1=O. The van der Waals surface area contributed by atoms with E-state index in [1.54, 1.807) is 36.4 Å². The van der Waals surface area contributed by atoms with E-state index in [1.165, 1.54) is 19.2 Å². The number of carbonyl (C=O) groups is 2. The predicted molar refractivity (Wildman–Crippen MR) is 140 cm³/mol. The van der Waals surface area contributed by atoms with Crippen LogP contribution in [-0.2, 0) is 21.5 Å². The summed E-state index contributed by atoms with van der Waals surface area (Å²) in [6, 6.07) is 12.2. The smallest absolute Gasteiger partial charge is 0.328 e. The zero-order valence-electron chi connectivity index (χ0n) is 21.7. The van der Waals surface area contributed by atoms with Crippen LogP contribution in [0.3, 0.4) is 0 Å². The van der Waals surface area contributed by atoms with Crippen molar-refractivity contribution < 1.29 is 18.4 Å². The molecule has 2 aliphatic rings. The molecule has 2 aromatic carbocycles. The number of rotatable bonds is 7. The molecule has 2 N–H and O–H groups in total. The lowest BCUT2D eigenvalue weighted by Crippen LogP contribution is -2.48. The van der Waals surface area contributed by atoms with Crippen molar-refractivity contribution in [2.75, 3.05) is 6.54 Å². The summed E-state index contributed by atoms with van der Waals surface area (Å²) >= 11 is 0. The van der Waals surface area contributed by atoms with Crippen LogP contribution in [0.2, 0.25) is 0 Å². The molecule has 3 atom stereocenters. The van der Waals surface area contributed by atoms with Crippen LogP contribution in [0.15, 0.2) is 64.3 Å². The van der Waals surface area contributed by atoms with Gasteiger partial charge in [0, 0.05) is 18.2 Å². The molecule has 5 rings (SSSR count). The Morgan fingerprint density at radius 3 is 2.51 bits per heavy atom. The predicted octanol–water partition coefficient (Wildman–Crippen LogP) is 2.88. The van der Waals surface area contributed by atoms with Gasteiger partial charge in [0.15, 0.2) is 0 Å². The van der Waals surface area contributed by atoms with E-state index in [2.05, 4.69) is 10.3 Å². The molecule has 1 saturated carbocycles. The molecule has 2 heterocycles. The van der Waals surface area contributed by atoms with E-state index < -0.39 is 47.9 Å². The molecule has 8 nitrogen and oxygen atoms in total. The third-order valence-electron chi connectivity index (χ3n) is 7.76.